The first-order chi connectivity index (χ1) is 9.07. The molecule has 116 valence electrons. The van der Waals surface area contributed by atoms with Crippen LogP contribution in [0.2, 0.25) is 0 Å². The van der Waals surface area contributed by atoms with Gasteiger partial charge in [-0.3, -0.25) is 0 Å². The van der Waals surface area contributed by atoms with Gasteiger partial charge in [-0.15, -0.1) is 0 Å². The number of carbonyl (C=O) groups excluding carboxylic acids is 4. The SMILES string of the molecule is N[C@@H](CCC(=O)[O-])C(=O)[O-].N[C@@H](CCC(=O)[O-])C(=O)[O-].[Na+].[Na+].[Na+].[Na+]. The van der Waals surface area contributed by atoms with Crippen molar-refractivity contribution in [1.82, 2.24) is 0 Å². The normalized spacial score (nSPS) is 10.4. The molecule has 0 heterocycles. The van der Waals surface area contributed by atoms with Gasteiger partial charge in [-0.1, -0.05) is 0 Å². The van der Waals surface area contributed by atoms with Gasteiger partial charge < -0.3 is 51.1 Å². The molecule has 0 aliphatic heterocycles. The first-order valence-electron chi connectivity index (χ1n) is 5.40. The quantitative estimate of drug-likeness (QED) is 0.378. The van der Waals surface area contributed by atoms with Gasteiger partial charge in [0.1, 0.15) is 0 Å². The van der Waals surface area contributed by atoms with Crippen LogP contribution < -0.4 is 150 Å². The number of hydrogen-bond donors (Lipinski definition) is 2. The van der Waals surface area contributed by atoms with Crippen LogP contribution in [-0.4, -0.2) is 36.0 Å². The fourth-order valence-electron chi connectivity index (χ4n) is 0.782. The molecule has 4 N–H and O–H groups in total. The summed E-state index contributed by atoms with van der Waals surface area (Å²) in [6.45, 7) is 0. The molecule has 0 saturated carbocycles. The van der Waals surface area contributed by atoms with Crippen LogP contribution in [0.5, 0.6) is 0 Å². The van der Waals surface area contributed by atoms with Crippen molar-refractivity contribution in [3.63, 3.8) is 0 Å². The van der Waals surface area contributed by atoms with E-state index in [1.807, 2.05) is 0 Å². The average Bonchev–Trinajstić information content (AvgIpc) is 2.33. The second kappa shape index (κ2) is 24.8. The van der Waals surface area contributed by atoms with Crippen molar-refractivity contribution in [1.29, 1.82) is 0 Å². The van der Waals surface area contributed by atoms with Crippen molar-refractivity contribution >= 4 is 23.9 Å². The van der Waals surface area contributed by atoms with Crippen LogP contribution in [0.25, 0.3) is 0 Å². The van der Waals surface area contributed by atoms with Gasteiger partial charge in [0.15, 0.2) is 0 Å². The average molecular weight is 382 g/mol. The maximum Gasteiger partial charge on any atom is 1.00 e. The Balaban J connectivity index is -0.0000000579. The molecular weight excluding hydrogens is 368 g/mol. The third-order valence-corrected chi connectivity index (χ3v) is 1.92. The molecule has 0 bridgehead atoms. The van der Waals surface area contributed by atoms with E-state index in [0.29, 0.717) is 0 Å². The molecular formula is C10H14N2Na4O8. The first kappa shape index (κ1) is 40.5. The first-order valence-corrected chi connectivity index (χ1v) is 5.40. The zero-order valence-electron chi connectivity index (χ0n) is 14.4. The Morgan fingerprint density at radius 2 is 0.833 bits per heavy atom. The fraction of sp³-hybridized carbons (Fsp3) is 0.600. The van der Waals surface area contributed by atoms with Crippen LogP contribution in [0.3, 0.4) is 0 Å². The Hall–Kier alpha value is 1.80. The van der Waals surface area contributed by atoms with Gasteiger partial charge in [0, 0.05) is 24.0 Å². The van der Waals surface area contributed by atoms with Crippen molar-refractivity contribution in [2.45, 2.75) is 37.8 Å². The summed E-state index contributed by atoms with van der Waals surface area (Å²) < 4.78 is 0. The summed E-state index contributed by atoms with van der Waals surface area (Å²) in [4.78, 5) is 39.2. The van der Waals surface area contributed by atoms with Crippen LogP contribution in [0.15, 0.2) is 0 Å². The molecule has 0 unspecified atom stereocenters. The molecule has 0 amide bonds. The maximum atomic E-state index is 9.86. The Kier molecular flexibility index (Phi) is 41.8. The molecule has 14 heteroatoms. The van der Waals surface area contributed by atoms with E-state index < -0.39 is 36.0 Å². The summed E-state index contributed by atoms with van der Waals surface area (Å²) in [7, 11) is 0. The Labute approximate surface area is 227 Å². The molecule has 0 rings (SSSR count). The van der Waals surface area contributed by atoms with E-state index in [1.54, 1.807) is 0 Å². The molecule has 0 aromatic rings. The van der Waals surface area contributed by atoms with Gasteiger partial charge >= 0.3 is 118 Å². The number of carbonyl (C=O) groups is 4. The van der Waals surface area contributed by atoms with Crippen molar-refractivity contribution < 1.29 is 158 Å². The maximum absolute atomic E-state index is 9.86. The molecule has 0 radical (unpaired) electrons. The van der Waals surface area contributed by atoms with Crippen LogP contribution >= 0.6 is 0 Å². The number of carboxylic acids is 4. The van der Waals surface area contributed by atoms with Gasteiger partial charge in [0.05, 0.1) is 11.9 Å². The fourth-order valence-corrected chi connectivity index (χ4v) is 0.782. The molecule has 10 nitrogen and oxygen atoms in total. The number of nitrogens with two attached hydrogens (primary N) is 2. The topological polar surface area (TPSA) is 213 Å². The summed E-state index contributed by atoms with van der Waals surface area (Å²) in [6.07, 6.45) is -1.00. The zero-order chi connectivity index (χ0) is 16.3. The molecule has 0 aliphatic rings. The predicted molar refractivity (Wildman–Crippen MR) is 54.4 cm³/mol. The van der Waals surface area contributed by atoms with Gasteiger partial charge in [-0.2, -0.15) is 0 Å². The Bertz CT molecular complexity index is 339. The number of rotatable bonds is 8. The monoisotopic (exact) mass is 382 g/mol. The molecule has 0 aromatic carbocycles. The second-order valence-electron chi connectivity index (χ2n) is 3.67. The van der Waals surface area contributed by atoms with E-state index in [4.69, 9.17) is 11.5 Å². The van der Waals surface area contributed by atoms with Crippen LogP contribution in [0.4, 0.5) is 0 Å². The standard InChI is InChI=1S/2C5H9NO4.4Na/c2*6-3(5(9)10)1-2-4(7)8;;;;/h2*3H,1-2,6H2,(H,7,8)(H,9,10);;;;/q;;4*+1/p-4/t2*3-;;;;/m00..../s1. The zero-order valence-corrected chi connectivity index (χ0v) is 22.4. The van der Waals surface area contributed by atoms with E-state index in [2.05, 4.69) is 0 Å². The van der Waals surface area contributed by atoms with Gasteiger partial charge in [-0.25, -0.2) is 0 Å². The number of hydrogen-bond acceptors (Lipinski definition) is 10. The van der Waals surface area contributed by atoms with Crippen LogP contribution in [0, 0.1) is 0 Å². The minimum atomic E-state index is -1.44. The number of aliphatic carboxylic acids is 4. The molecule has 24 heavy (non-hydrogen) atoms. The molecule has 0 saturated heterocycles. The number of carboxylic acid groups (broad SMARTS) is 4. The minimum absolute atomic E-state index is 0. The molecule has 0 spiro atoms. The van der Waals surface area contributed by atoms with E-state index >= 15 is 0 Å². The van der Waals surface area contributed by atoms with E-state index in [9.17, 15) is 39.6 Å². The van der Waals surface area contributed by atoms with Crippen molar-refractivity contribution in [2.75, 3.05) is 0 Å². The molecule has 0 fully saturated rings. The summed E-state index contributed by atoms with van der Waals surface area (Å²) in [5, 5.41) is 39.2. The van der Waals surface area contributed by atoms with E-state index in [1.165, 1.54) is 0 Å². The summed E-state index contributed by atoms with van der Waals surface area (Å²) in [6, 6.07) is -2.42. The molecule has 0 aliphatic carbocycles. The van der Waals surface area contributed by atoms with Crippen molar-refractivity contribution in [2.24, 2.45) is 11.5 Å². The third kappa shape index (κ3) is 31.6. The summed E-state index contributed by atoms with van der Waals surface area (Å²) in [5.41, 5.74) is 9.82. The van der Waals surface area contributed by atoms with Crippen LogP contribution in [-0.2, 0) is 19.2 Å². The van der Waals surface area contributed by atoms with Gasteiger partial charge in [0.2, 0.25) is 0 Å². The van der Waals surface area contributed by atoms with E-state index in [0.717, 1.165) is 0 Å². The Morgan fingerprint density at radius 3 is 0.958 bits per heavy atom. The largest absolute Gasteiger partial charge is 1.00 e. The van der Waals surface area contributed by atoms with Crippen molar-refractivity contribution in [3.8, 4) is 0 Å². The Morgan fingerprint density at radius 1 is 0.625 bits per heavy atom. The third-order valence-electron chi connectivity index (χ3n) is 1.92. The summed E-state index contributed by atoms with van der Waals surface area (Å²) >= 11 is 0. The second-order valence-corrected chi connectivity index (χ2v) is 3.67. The predicted octanol–water partition coefficient (Wildman–Crippen LogP) is -18.8. The van der Waals surface area contributed by atoms with Gasteiger partial charge in [-0.05, 0) is 25.7 Å². The smallest absolute Gasteiger partial charge is 0.550 e. The van der Waals surface area contributed by atoms with E-state index in [-0.39, 0.29) is 144 Å². The molecule has 0 aromatic heterocycles. The minimum Gasteiger partial charge on any atom is -0.550 e. The van der Waals surface area contributed by atoms with Gasteiger partial charge in [0.25, 0.3) is 0 Å². The van der Waals surface area contributed by atoms with Crippen LogP contribution in [0.1, 0.15) is 25.7 Å². The van der Waals surface area contributed by atoms with Crippen molar-refractivity contribution in [3.05, 3.63) is 0 Å². The summed E-state index contributed by atoms with van der Waals surface area (Å²) in [5.74, 6) is -5.50. The molecule has 2 atom stereocenters.